The van der Waals surface area contributed by atoms with Crippen molar-refractivity contribution in [3.05, 3.63) is 57.9 Å². The molecule has 0 bridgehead atoms. The van der Waals surface area contributed by atoms with Crippen LogP contribution >= 0.6 is 11.6 Å². The Bertz CT molecular complexity index is 837. The molecule has 0 aliphatic heterocycles. The second-order valence-electron chi connectivity index (χ2n) is 7.13. The van der Waals surface area contributed by atoms with E-state index in [0.717, 1.165) is 36.8 Å². The molecule has 1 saturated carbocycles. The molecule has 1 aromatic carbocycles. The van der Waals surface area contributed by atoms with Crippen molar-refractivity contribution in [1.29, 1.82) is 0 Å². The topological polar surface area (TPSA) is 71.1 Å². The Labute approximate surface area is 164 Å². The summed E-state index contributed by atoms with van der Waals surface area (Å²) in [4.78, 5) is 29.2. The van der Waals surface area contributed by atoms with Gasteiger partial charge in [0.2, 0.25) is 0 Å². The van der Waals surface area contributed by atoms with Crippen LogP contribution in [0, 0.1) is 13.8 Å². The minimum Gasteiger partial charge on any atom is -0.348 e. The molecule has 0 atom stereocenters. The van der Waals surface area contributed by atoms with Gasteiger partial charge in [-0.1, -0.05) is 36.9 Å². The average molecular weight is 386 g/mol. The molecule has 1 heterocycles. The predicted molar refractivity (Wildman–Crippen MR) is 107 cm³/mol. The second kappa shape index (κ2) is 8.53. The van der Waals surface area contributed by atoms with Crippen molar-refractivity contribution in [2.24, 2.45) is 0 Å². The molecule has 0 spiro atoms. The molecule has 1 fully saturated rings. The SMILES string of the molecule is Cc1cc(C)c(NC(=O)c2ccnc(C(=O)NC3CCCCC3)c2)c(Cl)c1. The number of pyridine rings is 1. The summed E-state index contributed by atoms with van der Waals surface area (Å²) in [6, 6.07) is 7.06. The Morgan fingerprint density at radius 3 is 2.52 bits per heavy atom. The van der Waals surface area contributed by atoms with Crippen LogP contribution in [0.4, 0.5) is 5.69 Å². The van der Waals surface area contributed by atoms with Gasteiger partial charge in [-0.15, -0.1) is 0 Å². The highest BCUT2D eigenvalue weighted by Gasteiger charge is 2.19. The van der Waals surface area contributed by atoms with Crippen molar-refractivity contribution < 1.29 is 9.59 Å². The highest BCUT2D eigenvalue weighted by Crippen LogP contribution is 2.27. The summed E-state index contributed by atoms with van der Waals surface area (Å²) in [5.41, 5.74) is 3.12. The van der Waals surface area contributed by atoms with E-state index in [0.29, 0.717) is 16.3 Å². The lowest BCUT2D eigenvalue weighted by Crippen LogP contribution is -2.36. The third-order valence-corrected chi connectivity index (χ3v) is 5.16. The molecular formula is C21H24ClN3O2. The Kier molecular flexibility index (Phi) is 6.11. The number of hydrogen-bond acceptors (Lipinski definition) is 3. The summed E-state index contributed by atoms with van der Waals surface area (Å²) in [7, 11) is 0. The first kappa shape index (κ1) is 19.4. The average Bonchev–Trinajstić information content (AvgIpc) is 2.65. The maximum absolute atomic E-state index is 12.6. The molecule has 27 heavy (non-hydrogen) atoms. The molecule has 1 aliphatic carbocycles. The van der Waals surface area contributed by atoms with Crippen molar-refractivity contribution in [1.82, 2.24) is 10.3 Å². The van der Waals surface area contributed by atoms with Gasteiger partial charge in [0.1, 0.15) is 5.69 Å². The summed E-state index contributed by atoms with van der Waals surface area (Å²) >= 11 is 6.27. The van der Waals surface area contributed by atoms with Crippen molar-refractivity contribution in [3.63, 3.8) is 0 Å². The highest BCUT2D eigenvalue weighted by molar-refractivity contribution is 6.34. The van der Waals surface area contributed by atoms with E-state index in [4.69, 9.17) is 11.6 Å². The van der Waals surface area contributed by atoms with Crippen LogP contribution in [0.5, 0.6) is 0 Å². The molecular weight excluding hydrogens is 362 g/mol. The monoisotopic (exact) mass is 385 g/mol. The van der Waals surface area contributed by atoms with E-state index in [1.54, 1.807) is 12.1 Å². The Balaban J connectivity index is 1.73. The van der Waals surface area contributed by atoms with Gasteiger partial charge < -0.3 is 10.6 Å². The quantitative estimate of drug-likeness (QED) is 0.803. The van der Waals surface area contributed by atoms with Gasteiger partial charge in [-0.3, -0.25) is 14.6 Å². The maximum atomic E-state index is 12.6. The number of aromatic nitrogens is 1. The molecule has 0 saturated heterocycles. The molecule has 5 nitrogen and oxygen atoms in total. The zero-order valence-electron chi connectivity index (χ0n) is 15.6. The van der Waals surface area contributed by atoms with E-state index in [2.05, 4.69) is 15.6 Å². The fourth-order valence-corrected chi connectivity index (χ4v) is 3.83. The van der Waals surface area contributed by atoms with Crippen molar-refractivity contribution in [2.45, 2.75) is 52.0 Å². The van der Waals surface area contributed by atoms with Crippen LogP contribution in [0.25, 0.3) is 0 Å². The lowest BCUT2D eigenvalue weighted by atomic mass is 9.95. The Morgan fingerprint density at radius 2 is 1.81 bits per heavy atom. The second-order valence-corrected chi connectivity index (χ2v) is 7.54. The fraction of sp³-hybridized carbons (Fsp3) is 0.381. The normalized spacial score (nSPS) is 14.6. The van der Waals surface area contributed by atoms with Crippen LogP contribution < -0.4 is 10.6 Å². The van der Waals surface area contributed by atoms with Gasteiger partial charge in [0.15, 0.2) is 0 Å². The number of hydrogen-bond donors (Lipinski definition) is 2. The molecule has 1 aliphatic rings. The lowest BCUT2D eigenvalue weighted by molar-refractivity contribution is 0.0922. The van der Waals surface area contributed by atoms with Gasteiger partial charge in [-0.2, -0.15) is 0 Å². The van der Waals surface area contributed by atoms with Crippen molar-refractivity contribution in [2.75, 3.05) is 5.32 Å². The number of nitrogens with one attached hydrogen (secondary N) is 2. The lowest BCUT2D eigenvalue weighted by Gasteiger charge is -2.22. The molecule has 2 N–H and O–H groups in total. The highest BCUT2D eigenvalue weighted by atomic mass is 35.5. The van der Waals surface area contributed by atoms with Crippen LogP contribution in [-0.4, -0.2) is 22.8 Å². The number of halogens is 1. The van der Waals surface area contributed by atoms with Crippen molar-refractivity contribution >= 4 is 29.1 Å². The first-order valence-electron chi connectivity index (χ1n) is 9.29. The molecule has 1 aromatic heterocycles. The van der Waals surface area contributed by atoms with E-state index in [9.17, 15) is 9.59 Å². The molecule has 0 radical (unpaired) electrons. The summed E-state index contributed by atoms with van der Waals surface area (Å²) < 4.78 is 0. The van der Waals surface area contributed by atoms with Gasteiger partial charge in [0, 0.05) is 17.8 Å². The number of rotatable bonds is 4. The number of benzene rings is 1. The standard InChI is InChI=1S/C21H24ClN3O2/c1-13-10-14(2)19(17(22)11-13)25-20(26)15-8-9-23-18(12-15)21(27)24-16-6-4-3-5-7-16/h8-12,16H,3-7H2,1-2H3,(H,24,27)(H,25,26). The van der Waals surface area contributed by atoms with Crippen LogP contribution in [-0.2, 0) is 0 Å². The number of nitrogens with zero attached hydrogens (tertiary/aromatic N) is 1. The van der Waals surface area contributed by atoms with Crippen LogP contribution in [0.3, 0.4) is 0 Å². The molecule has 142 valence electrons. The number of carbonyl (C=O) groups is 2. The van der Waals surface area contributed by atoms with E-state index < -0.39 is 0 Å². The molecule has 3 rings (SSSR count). The zero-order chi connectivity index (χ0) is 19.4. The number of anilines is 1. The summed E-state index contributed by atoms with van der Waals surface area (Å²) in [6.07, 6.45) is 6.97. The minimum absolute atomic E-state index is 0.194. The third-order valence-electron chi connectivity index (χ3n) is 4.87. The van der Waals surface area contributed by atoms with E-state index in [-0.39, 0.29) is 23.6 Å². The molecule has 2 amide bonds. The van der Waals surface area contributed by atoms with Crippen LogP contribution in [0.15, 0.2) is 30.5 Å². The maximum Gasteiger partial charge on any atom is 0.270 e. The van der Waals surface area contributed by atoms with Crippen LogP contribution in [0.1, 0.15) is 64.1 Å². The smallest absolute Gasteiger partial charge is 0.270 e. The summed E-state index contributed by atoms with van der Waals surface area (Å²) in [5, 5.41) is 6.35. The zero-order valence-corrected chi connectivity index (χ0v) is 16.4. The van der Waals surface area contributed by atoms with Crippen molar-refractivity contribution in [3.8, 4) is 0 Å². The summed E-state index contributed by atoms with van der Waals surface area (Å²) in [6.45, 7) is 3.84. The van der Waals surface area contributed by atoms with Gasteiger partial charge in [-0.25, -0.2) is 0 Å². The van der Waals surface area contributed by atoms with Gasteiger partial charge in [0.25, 0.3) is 11.8 Å². The summed E-state index contributed by atoms with van der Waals surface area (Å²) in [5.74, 6) is -0.556. The molecule has 6 heteroatoms. The minimum atomic E-state index is -0.321. The Morgan fingerprint density at radius 1 is 1.07 bits per heavy atom. The number of aryl methyl sites for hydroxylation is 2. The third kappa shape index (κ3) is 4.86. The predicted octanol–water partition coefficient (Wildman–Crippen LogP) is 4.67. The fourth-order valence-electron chi connectivity index (χ4n) is 3.46. The number of carbonyl (C=O) groups excluding carboxylic acids is 2. The Hall–Kier alpha value is -2.40. The first-order chi connectivity index (χ1) is 12.9. The number of amides is 2. The molecule has 2 aromatic rings. The van der Waals surface area contributed by atoms with Gasteiger partial charge >= 0.3 is 0 Å². The van der Waals surface area contributed by atoms with E-state index in [1.807, 2.05) is 19.9 Å². The van der Waals surface area contributed by atoms with E-state index >= 15 is 0 Å². The van der Waals surface area contributed by atoms with Gasteiger partial charge in [0.05, 0.1) is 10.7 Å². The van der Waals surface area contributed by atoms with E-state index in [1.165, 1.54) is 18.7 Å². The van der Waals surface area contributed by atoms with Gasteiger partial charge in [-0.05, 0) is 56.0 Å². The van der Waals surface area contributed by atoms with Crippen LogP contribution in [0.2, 0.25) is 5.02 Å². The molecule has 0 unspecified atom stereocenters. The first-order valence-corrected chi connectivity index (χ1v) is 9.67. The largest absolute Gasteiger partial charge is 0.348 e.